The molecule has 0 aliphatic rings. The molecule has 2 rings (SSSR count). The van der Waals surface area contributed by atoms with Gasteiger partial charge >= 0.3 is 0 Å². The molecular weight excluding hydrogens is 244 g/mol. The largest absolute Gasteiger partial charge is 0.488 e. The van der Waals surface area contributed by atoms with Gasteiger partial charge in [-0.3, -0.25) is 0 Å². The lowest BCUT2D eigenvalue weighted by atomic mass is 9.94. The molecule has 0 N–H and O–H groups in total. The fourth-order valence-electron chi connectivity index (χ4n) is 2.29. The van der Waals surface area contributed by atoms with E-state index in [1.165, 1.54) is 16.7 Å². The van der Waals surface area contributed by atoms with Crippen LogP contribution in [0.1, 0.15) is 56.2 Å². The topological polar surface area (TPSA) is 9.23 Å². The molecular formula is C19H23O. The highest BCUT2D eigenvalue weighted by atomic mass is 16.5. The van der Waals surface area contributed by atoms with Crippen LogP contribution in [0.25, 0.3) is 0 Å². The van der Waals surface area contributed by atoms with Crippen molar-refractivity contribution in [1.82, 2.24) is 0 Å². The monoisotopic (exact) mass is 267 g/mol. The summed E-state index contributed by atoms with van der Waals surface area (Å²) in [5.74, 6) is 1.88. The fraction of sp³-hybridized carbons (Fsp3) is 0.368. The summed E-state index contributed by atoms with van der Waals surface area (Å²) >= 11 is 0. The third-order valence-corrected chi connectivity index (χ3v) is 3.43. The van der Waals surface area contributed by atoms with Crippen LogP contribution in [-0.2, 0) is 6.61 Å². The molecule has 2 aromatic carbocycles. The Balaban J connectivity index is 2.28. The van der Waals surface area contributed by atoms with Gasteiger partial charge in [0.05, 0.1) is 0 Å². The van der Waals surface area contributed by atoms with Crippen molar-refractivity contribution < 1.29 is 4.74 Å². The van der Waals surface area contributed by atoms with E-state index in [0.717, 1.165) is 5.75 Å². The van der Waals surface area contributed by atoms with Gasteiger partial charge in [0.2, 0.25) is 0 Å². The van der Waals surface area contributed by atoms with Gasteiger partial charge in [0.25, 0.3) is 0 Å². The van der Waals surface area contributed by atoms with Crippen LogP contribution in [0.5, 0.6) is 5.75 Å². The first-order chi connectivity index (χ1) is 9.59. The lowest BCUT2D eigenvalue weighted by molar-refractivity contribution is 0.297. The maximum atomic E-state index is 6.15. The number of hydrogen-bond acceptors (Lipinski definition) is 1. The summed E-state index contributed by atoms with van der Waals surface area (Å²) < 4.78 is 6.15. The molecule has 0 amide bonds. The second kappa shape index (κ2) is 6.60. The molecule has 0 aliphatic heterocycles. The second-order valence-electron chi connectivity index (χ2n) is 5.76. The Bertz CT molecular complexity index is 515. The van der Waals surface area contributed by atoms with Crippen molar-refractivity contribution in [1.29, 1.82) is 0 Å². The molecule has 0 aromatic heterocycles. The zero-order valence-corrected chi connectivity index (χ0v) is 12.8. The molecule has 0 saturated heterocycles. The SMILES string of the molecule is CC(C)c1[c]ccc(C(C)C)c1OCc1ccccc1. The molecule has 0 saturated carbocycles. The highest BCUT2D eigenvalue weighted by Crippen LogP contribution is 2.34. The first-order valence-corrected chi connectivity index (χ1v) is 7.30. The Morgan fingerprint density at radius 3 is 2.25 bits per heavy atom. The Labute approximate surface area is 122 Å². The molecule has 0 spiro atoms. The van der Waals surface area contributed by atoms with Gasteiger partial charge < -0.3 is 4.74 Å². The molecule has 1 heteroatoms. The first kappa shape index (κ1) is 14.6. The van der Waals surface area contributed by atoms with Crippen LogP contribution in [0, 0.1) is 6.07 Å². The van der Waals surface area contributed by atoms with E-state index in [-0.39, 0.29) is 0 Å². The number of benzene rings is 2. The molecule has 2 aromatic rings. The quantitative estimate of drug-likeness (QED) is 0.713. The van der Waals surface area contributed by atoms with E-state index in [1.807, 2.05) is 24.3 Å². The Hall–Kier alpha value is -1.76. The predicted octanol–water partition coefficient (Wildman–Crippen LogP) is 5.31. The van der Waals surface area contributed by atoms with E-state index in [1.54, 1.807) is 0 Å². The molecule has 0 bridgehead atoms. The highest BCUT2D eigenvalue weighted by molar-refractivity contribution is 5.44. The van der Waals surface area contributed by atoms with E-state index < -0.39 is 0 Å². The summed E-state index contributed by atoms with van der Waals surface area (Å²) in [4.78, 5) is 0. The molecule has 0 heterocycles. The number of hydrogen-bond donors (Lipinski definition) is 0. The molecule has 0 unspecified atom stereocenters. The maximum absolute atomic E-state index is 6.15. The standard InChI is InChI=1S/C19H23O/c1-14(2)17-11-8-12-18(15(3)4)19(17)20-13-16-9-6-5-7-10-16/h5-11,14-15H,13H2,1-4H3. The zero-order chi connectivity index (χ0) is 14.5. The van der Waals surface area contributed by atoms with Crippen molar-refractivity contribution in [3.8, 4) is 5.75 Å². The Morgan fingerprint density at radius 2 is 1.65 bits per heavy atom. The van der Waals surface area contributed by atoms with Gasteiger partial charge in [0.1, 0.15) is 12.4 Å². The second-order valence-corrected chi connectivity index (χ2v) is 5.76. The molecule has 0 aliphatic carbocycles. The Morgan fingerprint density at radius 1 is 0.950 bits per heavy atom. The average Bonchev–Trinajstić information content (AvgIpc) is 2.45. The van der Waals surface area contributed by atoms with Gasteiger partial charge in [-0.2, -0.15) is 0 Å². The number of rotatable bonds is 5. The van der Waals surface area contributed by atoms with Crippen LogP contribution in [-0.4, -0.2) is 0 Å². The van der Waals surface area contributed by atoms with Gasteiger partial charge in [0, 0.05) is 5.56 Å². The van der Waals surface area contributed by atoms with E-state index in [4.69, 9.17) is 4.74 Å². The van der Waals surface area contributed by atoms with Gasteiger partial charge in [-0.05, 0) is 29.0 Å². The van der Waals surface area contributed by atoms with Crippen molar-refractivity contribution in [2.75, 3.05) is 0 Å². The molecule has 0 atom stereocenters. The molecule has 0 fully saturated rings. The minimum Gasteiger partial charge on any atom is -0.488 e. The lowest BCUT2D eigenvalue weighted by Crippen LogP contribution is -2.04. The van der Waals surface area contributed by atoms with E-state index in [2.05, 4.69) is 52.0 Å². The maximum Gasteiger partial charge on any atom is 0.127 e. The summed E-state index contributed by atoms with van der Waals surface area (Å²) in [6.07, 6.45) is 0. The minimum absolute atomic E-state index is 0.416. The van der Waals surface area contributed by atoms with Crippen LogP contribution in [0.15, 0.2) is 42.5 Å². The van der Waals surface area contributed by atoms with Crippen molar-refractivity contribution >= 4 is 0 Å². The van der Waals surface area contributed by atoms with Crippen LogP contribution in [0.2, 0.25) is 0 Å². The smallest absolute Gasteiger partial charge is 0.127 e. The fourth-order valence-corrected chi connectivity index (χ4v) is 2.29. The minimum atomic E-state index is 0.416. The zero-order valence-electron chi connectivity index (χ0n) is 12.8. The molecule has 105 valence electrons. The van der Waals surface area contributed by atoms with Crippen molar-refractivity contribution in [2.45, 2.75) is 46.1 Å². The normalized spacial score (nSPS) is 11.1. The first-order valence-electron chi connectivity index (χ1n) is 7.30. The van der Waals surface area contributed by atoms with E-state index in [0.29, 0.717) is 18.4 Å². The number of ether oxygens (including phenoxy) is 1. The molecule has 1 nitrogen and oxygen atoms in total. The summed E-state index contributed by atoms with van der Waals surface area (Å²) in [6.45, 7) is 9.39. The summed E-state index contributed by atoms with van der Waals surface area (Å²) in [5.41, 5.74) is 3.64. The Kier molecular flexibility index (Phi) is 4.84. The van der Waals surface area contributed by atoms with E-state index >= 15 is 0 Å². The third kappa shape index (κ3) is 3.41. The van der Waals surface area contributed by atoms with Crippen molar-refractivity contribution in [3.63, 3.8) is 0 Å². The van der Waals surface area contributed by atoms with Crippen molar-refractivity contribution in [3.05, 3.63) is 65.2 Å². The van der Waals surface area contributed by atoms with Crippen molar-refractivity contribution in [2.24, 2.45) is 0 Å². The lowest BCUT2D eigenvalue weighted by Gasteiger charge is -2.19. The molecule has 1 radical (unpaired) electrons. The van der Waals surface area contributed by atoms with Gasteiger partial charge in [-0.15, -0.1) is 0 Å². The average molecular weight is 267 g/mol. The van der Waals surface area contributed by atoms with Crippen LogP contribution in [0.4, 0.5) is 0 Å². The van der Waals surface area contributed by atoms with Gasteiger partial charge in [-0.1, -0.05) is 70.2 Å². The summed E-state index contributed by atoms with van der Waals surface area (Å²) in [6, 6.07) is 17.8. The van der Waals surface area contributed by atoms with Crippen LogP contribution < -0.4 is 4.74 Å². The van der Waals surface area contributed by atoms with E-state index in [9.17, 15) is 0 Å². The molecule has 20 heavy (non-hydrogen) atoms. The summed E-state index contributed by atoms with van der Waals surface area (Å²) in [5, 5.41) is 0. The van der Waals surface area contributed by atoms with Crippen LogP contribution >= 0.6 is 0 Å². The summed E-state index contributed by atoms with van der Waals surface area (Å²) in [7, 11) is 0. The van der Waals surface area contributed by atoms with Gasteiger partial charge in [-0.25, -0.2) is 0 Å². The highest BCUT2D eigenvalue weighted by Gasteiger charge is 2.15. The van der Waals surface area contributed by atoms with Gasteiger partial charge in [0.15, 0.2) is 0 Å². The third-order valence-electron chi connectivity index (χ3n) is 3.43. The van der Waals surface area contributed by atoms with Crippen LogP contribution in [0.3, 0.4) is 0 Å². The predicted molar refractivity (Wildman–Crippen MR) is 84.2 cm³/mol.